The van der Waals surface area contributed by atoms with Crippen LogP contribution >= 0.6 is 11.3 Å². The molecular weight excluding hydrogens is 310 g/mol. The van der Waals surface area contributed by atoms with Gasteiger partial charge in [-0.2, -0.15) is 0 Å². The highest BCUT2D eigenvalue weighted by Gasteiger charge is 2.06. The van der Waals surface area contributed by atoms with Gasteiger partial charge < -0.3 is 20.3 Å². The van der Waals surface area contributed by atoms with Gasteiger partial charge in [-0.05, 0) is 19.9 Å². The van der Waals surface area contributed by atoms with Crippen molar-refractivity contribution in [1.29, 1.82) is 0 Å². The van der Waals surface area contributed by atoms with Crippen LogP contribution in [-0.2, 0) is 11.3 Å². The lowest BCUT2D eigenvalue weighted by Crippen LogP contribution is -2.41. The second-order valence-corrected chi connectivity index (χ2v) is 6.68. The van der Waals surface area contributed by atoms with Crippen LogP contribution in [0.1, 0.15) is 37.4 Å². The lowest BCUT2D eigenvalue weighted by Gasteiger charge is -2.17. The smallest absolute Gasteiger partial charge is 0.191 e. The van der Waals surface area contributed by atoms with E-state index in [0.717, 1.165) is 49.4 Å². The zero-order chi connectivity index (χ0) is 17.1. The van der Waals surface area contributed by atoms with E-state index >= 15 is 0 Å². The van der Waals surface area contributed by atoms with Gasteiger partial charge in [0.2, 0.25) is 0 Å². The molecule has 0 aromatic carbocycles. The van der Waals surface area contributed by atoms with Crippen molar-refractivity contribution < 1.29 is 4.74 Å². The first kappa shape index (κ1) is 19.9. The molecule has 0 fully saturated rings. The molecule has 1 aromatic heterocycles. The SMILES string of the molecule is CCNC(=NCc1nc(C(C)C)cs1)NCCN(C)CCOC. The van der Waals surface area contributed by atoms with Gasteiger partial charge in [0.15, 0.2) is 5.96 Å². The van der Waals surface area contributed by atoms with E-state index in [2.05, 4.69) is 58.7 Å². The molecule has 0 unspecified atom stereocenters. The molecule has 0 aliphatic heterocycles. The molecule has 2 N–H and O–H groups in total. The predicted molar refractivity (Wildman–Crippen MR) is 98.4 cm³/mol. The molecule has 1 aromatic rings. The number of rotatable bonds is 10. The summed E-state index contributed by atoms with van der Waals surface area (Å²) in [5.41, 5.74) is 1.15. The Morgan fingerprint density at radius 1 is 1.39 bits per heavy atom. The molecule has 0 atom stereocenters. The third kappa shape index (κ3) is 8.29. The minimum absolute atomic E-state index is 0.470. The quantitative estimate of drug-likeness (QED) is 0.503. The number of hydrogen-bond donors (Lipinski definition) is 2. The van der Waals surface area contributed by atoms with Gasteiger partial charge in [-0.15, -0.1) is 11.3 Å². The number of ether oxygens (including phenoxy) is 1. The number of nitrogens with one attached hydrogen (secondary N) is 2. The number of likely N-dealkylation sites (N-methyl/N-ethyl adjacent to an activating group) is 1. The summed E-state index contributed by atoms with van der Waals surface area (Å²) in [6.07, 6.45) is 0. The first-order valence-corrected chi connectivity index (χ1v) is 9.08. The van der Waals surface area contributed by atoms with E-state index in [0.29, 0.717) is 12.5 Å². The number of methoxy groups -OCH3 is 1. The van der Waals surface area contributed by atoms with Crippen LogP contribution < -0.4 is 10.6 Å². The van der Waals surface area contributed by atoms with Crippen LogP contribution in [0.2, 0.25) is 0 Å². The maximum Gasteiger partial charge on any atom is 0.191 e. The van der Waals surface area contributed by atoms with Crippen LogP contribution in [-0.4, -0.2) is 62.8 Å². The lowest BCUT2D eigenvalue weighted by molar-refractivity contribution is 0.162. The van der Waals surface area contributed by atoms with Gasteiger partial charge in [0.05, 0.1) is 18.8 Å². The number of nitrogens with zero attached hydrogens (tertiary/aromatic N) is 3. The fourth-order valence-corrected chi connectivity index (χ4v) is 2.75. The topological polar surface area (TPSA) is 61.8 Å². The number of guanidine groups is 1. The average molecular weight is 342 g/mol. The fourth-order valence-electron chi connectivity index (χ4n) is 1.88. The molecule has 132 valence electrons. The largest absolute Gasteiger partial charge is 0.383 e. The summed E-state index contributed by atoms with van der Waals surface area (Å²) in [6, 6.07) is 0. The highest BCUT2D eigenvalue weighted by Crippen LogP contribution is 2.18. The number of hydrogen-bond acceptors (Lipinski definition) is 5. The van der Waals surface area contributed by atoms with Crippen LogP contribution in [0.15, 0.2) is 10.4 Å². The molecule has 1 rings (SSSR count). The fraction of sp³-hybridized carbons (Fsp3) is 0.750. The van der Waals surface area contributed by atoms with Gasteiger partial charge in [0, 0.05) is 38.7 Å². The van der Waals surface area contributed by atoms with Crippen LogP contribution in [0.5, 0.6) is 0 Å². The zero-order valence-corrected chi connectivity index (χ0v) is 15.9. The molecular formula is C16H31N5OS. The monoisotopic (exact) mass is 341 g/mol. The Kier molecular flexibility index (Phi) is 9.82. The maximum atomic E-state index is 5.08. The molecule has 0 bridgehead atoms. The Bertz CT molecular complexity index is 461. The molecule has 0 amide bonds. The van der Waals surface area contributed by atoms with Crippen molar-refractivity contribution in [3.8, 4) is 0 Å². The van der Waals surface area contributed by atoms with Gasteiger partial charge in [0.25, 0.3) is 0 Å². The summed E-state index contributed by atoms with van der Waals surface area (Å²) in [5, 5.41) is 9.82. The van der Waals surface area contributed by atoms with Crippen LogP contribution in [0.25, 0.3) is 0 Å². The van der Waals surface area contributed by atoms with E-state index in [4.69, 9.17) is 4.74 Å². The minimum Gasteiger partial charge on any atom is -0.383 e. The van der Waals surface area contributed by atoms with Crippen LogP contribution in [0.3, 0.4) is 0 Å². The number of aliphatic imine (C=N–C) groups is 1. The Labute approximate surface area is 144 Å². The third-order valence-electron chi connectivity index (χ3n) is 3.34. The molecule has 0 saturated carbocycles. The van der Waals surface area contributed by atoms with Crippen LogP contribution in [0.4, 0.5) is 0 Å². The second-order valence-electron chi connectivity index (χ2n) is 5.74. The summed E-state index contributed by atoms with van der Waals surface area (Å²) >= 11 is 1.68. The molecule has 0 aliphatic rings. The molecule has 23 heavy (non-hydrogen) atoms. The zero-order valence-electron chi connectivity index (χ0n) is 15.1. The minimum atomic E-state index is 0.470. The first-order chi connectivity index (χ1) is 11.1. The summed E-state index contributed by atoms with van der Waals surface area (Å²) < 4.78 is 5.08. The normalized spacial score (nSPS) is 12.2. The van der Waals surface area contributed by atoms with Gasteiger partial charge in [0.1, 0.15) is 5.01 Å². The summed E-state index contributed by atoms with van der Waals surface area (Å²) in [6.45, 7) is 11.3. The second kappa shape index (κ2) is 11.4. The molecule has 0 saturated heterocycles. The highest BCUT2D eigenvalue weighted by atomic mass is 32.1. The Morgan fingerprint density at radius 2 is 2.17 bits per heavy atom. The van der Waals surface area contributed by atoms with Gasteiger partial charge in [-0.1, -0.05) is 13.8 Å². The van der Waals surface area contributed by atoms with E-state index in [1.807, 2.05) is 0 Å². The van der Waals surface area contributed by atoms with E-state index in [1.165, 1.54) is 0 Å². The lowest BCUT2D eigenvalue weighted by atomic mass is 10.2. The molecule has 7 heteroatoms. The van der Waals surface area contributed by atoms with Crippen molar-refractivity contribution in [1.82, 2.24) is 20.5 Å². The molecule has 0 radical (unpaired) electrons. The summed E-state index contributed by atoms with van der Waals surface area (Å²) in [5.74, 6) is 1.31. The van der Waals surface area contributed by atoms with Crippen molar-refractivity contribution in [2.45, 2.75) is 33.2 Å². The maximum absolute atomic E-state index is 5.08. The molecule has 1 heterocycles. The molecule has 6 nitrogen and oxygen atoms in total. The highest BCUT2D eigenvalue weighted by molar-refractivity contribution is 7.09. The number of aromatic nitrogens is 1. The molecule has 0 aliphatic carbocycles. The standard InChI is InChI=1S/C16H31N5OS/c1-6-17-16(18-7-8-21(4)9-10-22-5)19-11-15-20-14(12-23-15)13(2)3/h12-13H,6-11H2,1-5H3,(H2,17,18,19). The Hall–Kier alpha value is -1.18. The van der Waals surface area contributed by atoms with Crippen molar-refractivity contribution in [2.75, 3.05) is 46.9 Å². The van der Waals surface area contributed by atoms with E-state index < -0.39 is 0 Å². The molecule has 0 spiro atoms. The van der Waals surface area contributed by atoms with Crippen molar-refractivity contribution in [3.63, 3.8) is 0 Å². The van der Waals surface area contributed by atoms with E-state index in [-0.39, 0.29) is 0 Å². The Morgan fingerprint density at radius 3 is 2.78 bits per heavy atom. The van der Waals surface area contributed by atoms with E-state index in [1.54, 1.807) is 18.4 Å². The van der Waals surface area contributed by atoms with Crippen molar-refractivity contribution in [2.24, 2.45) is 4.99 Å². The van der Waals surface area contributed by atoms with E-state index in [9.17, 15) is 0 Å². The van der Waals surface area contributed by atoms with Gasteiger partial charge in [-0.3, -0.25) is 0 Å². The third-order valence-corrected chi connectivity index (χ3v) is 4.19. The summed E-state index contributed by atoms with van der Waals surface area (Å²) in [7, 11) is 3.82. The average Bonchev–Trinajstić information content (AvgIpc) is 2.99. The van der Waals surface area contributed by atoms with Gasteiger partial charge in [-0.25, -0.2) is 9.98 Å². The summed E-state index contributed by atoms with van der Waals surface area (Å²) in [4.78, 5) is 11.5. The van der Waals surface area contributed by atoms with Crippen molar-refractivity contribution in [3.05, 3.63) is 16.1 Å². The first-order valence-electron chi connectivity index (χ1n) is 8.20. The Balaban J connectivity index is 2.43. The predicted octanol–water partition coefficient (Wildman–Crippen LogP) is 1.90. The van der Waals surface area contributed by atoms with Gasteiger partial charge >= 0.3 is 0 Å². The van der Waals surface area contributed by atoms with Crippen molar-refractivity contribution >= 4 is 17.3 Å². The number of thiazole rings is 1. The van der Waals surface area contributed by atoms with Crippen LogP contribution in [0, 0.1) is 0 Å².